The molecule has 2 aromatic carbocycles. The van der Waals surface area contributed by atoms with Crippen LogP contribution < -0.4 is 10.4 Å². The Bertz CT molecular complexity index is 972. The summed E-state index contributed by atoms with van der Waals surface area (Å²) in [5.74, 6) is -0.162. The van der Waals surface area contributed by atoms with Crippen molar-refractivity contribution in [3.8, 4) is 5.75 Å². The average Bonchev–Trinajstić information content (AvgIpc) is 3.05. The summed E-state index contributed by atoms with van der Waals surface area (Å²) in [6.07, 6.45) is 0.660. The monoisotopic (exact) mass is 405 g/mol. The number of alkyl halides is 2. The highest BCUT2D eigenvalue weighted by atomic mass is 32.2. The predicted molar refractivity (Wildman–Crippen MR) is 101 cm³/mol. The lowest BCUT2D eigenvalue weighted by Crippen LogP contribution is -2.19. The number of halogens is 2. The molecule has 0 saturated carbocycles. The van der Waals surface area contributed by atoms with Crippen LogP contribution in [-0.2, 0) is 13.0 Å². The molecular weight excluding hydrogens is 388 g/mol. The van der Waals surface area contributed by atoms with Gasteiger partial charge in [0.2, 0.25) is 0 Å². The van der Waals surface area contributed by atoms with Gasteiger partial charge in [0.1, 0.15) is 5.75 Å². The molecule has 0 bridgehead atoms. The van der Waals surface area contributed by atoms with Gasteiger partial charge in [-0.05, 0) is 36.2 Å². The number of aromatic amines is 1. The first kappa shape index (κ1) is 19.8. The second-order valence-electron chi connectivity index (χ2n) is 5.81. The van der Waals surface area contributed by atoms with Crippen LogP contribution in [0.3, 0.4) is 0 Å². The molecule has 0 aliphatic carbocycles. The molecule has 28 heavy (non-hydrogen) atoms. The van der Waals surface area contributed by atoms with E-state index >= 15 is 0 Å². The van der Waals surface area contributed by atoms with Crippen molar-refractivity contribution in [3.63, 3.8) is 0 Å². The Morgan fingerprint density at radius 2 is 1.86 bits per heavy atom. The molecular formula is C19H17F2N3O3S. The predicted octanol–water partition coefficient (Wildman–Crippen LogP) is 3.39. The maximum Gasteiger partial charge on any atom is 0.387 e. The number of aryl methyl sites for hydroxylation is 1. The molecule has 0 spiro atoms. The zero-order valence-electron chi connectivity index (χ0n) is 14.7. The normalized spacial score (nSPS) is 11.0. The largest absolute Gasteiger partial charge is 0.435 e. The summed E-state index contributed by atoms with van der Waals surface area (Å²) < 4.78 is 30.1. The van der Waals surface area contributed by atoms with Gasteiger partial charge in [-0.25, -0.2) is 9.89 Å². The van der Waals surface area contributed by atoms with Gasteiger partial charge in [0.15, 0.2) is 10.9 Å². The van der Waals surface area contributed by atoms with Crippen LogP contribution in [0, 0.1) is 0 Å². The summed E-state index contributed by atoms with van der Waals surface area (Å²) in [6.45, 7) is -2.47. The van der Waals surface area contributed by atoms with E-state index in [1.54, 1.807) is 0 Å². The molecule has 1 N–H and O–H groups in total. The summed E-state index contributed by atoms with van der Waals surface area (Å²) in [4.78, 5) is 24.3. The molecule has 3 rings (SSSR count). The fourth-order valence-electron chi connectivity index (χ4n) is 2.53. The van der Waals surface area contributed by atoms with Gasteiger partial charge >= 0.3 is 12.3 Å². The number of ketones is 1. The lowest BCUT2D eigenvalue weighted by Gasteiger charge is -2.07. The number of hydrogen-bond donors (Lipinski definition) is 1. The van der Waals surface area contributed by atoms with E-state index in [-0.39, 0.29) is 23.0 Å². The van der Waals surface area contributed by atoms with Gasteiger partial charge < -0.3 is 4.74 Å². The molecule has 0 fully saturated rings. The van der Waals surface area contributed by atoms with Crippen molar-refractivity contribution in [1.29, 1.82) is 0 Å². The zero-order chi connectivity index (χ0) is 19.9. The van der Waals surface area contributed by atoms with E-state index in [0.717, 1.165) is 17.3 Å². The van der Waals surface area contributed by atoms with E-state index in [0.29, 0.717) is 23.7 Å². The summed E-state index contributed by atoms with van der Waals surface area (Å²) in [6, 6.07) is 15.2. The quantitative estimate of drug-likeness (QED) is 0.436. The topological polar surface area (TPSA) is 77.0 Å². The van der Waals surface area contributed by atoms with E-state index in [1.807, 2.05) is 30.3 Å². The maximum atomic E-state index is 12.3. The van der Waals surface area contributed by atoms with E-state index < -0.39 is 6.61 Å². The summed E-state index contributed by atoms with van der Waals surface area (Å²) in [7, 11) is 0. The standard InChI is InChI=1S/C19H17F2N3O3S/c20-17(21)27-15-8-6-14(7-9-15)16(25)12-28-19-23-22-18(26)24(19)11-10-13-4-2-1-3-5-13/h1-9,17H,10-12H2,(H,22,26). The second kappa shape index (κ2) is 9.32. The molecule has 9 heteroatoms. The van der Waals surface area contributed by atoms with Crippen molar-refractivity contribution in [2.45, 2.75) is 24.7 Å². The zero-order valence-corrected chi connectivity index (χ0v) is 15.5. The first-order valence-corrected chi connectivity index (χ1v) is 9.41. The van der Waals surface area contributed by atoms with Crippen LogP contribution >= 0.6 is 11.8 Å². The first-order chi connectivity index (χ1) is 13.5. The van der Waals surface area contributed by atoms with Crippen molar-refractivity contribution in [1.82, 2.24) is 14.8 Å². The number of aromatic nitrogens is 3. The van der Waals surface area contributed by atoms with Gasteiger partial charge in [-0.1, -0.05) is 42.1 Å². The molecule has 3 aromatic rings. The Kier molecular flexibility index (Phi) is 6.59. The number of H-pyrrole nitrogens is 1. The van der Waals surface area contributed by atoms with Crippen molar-refractivity contribution < 1.29 is 18.3 Å². The highest BCUT2D eigenvalue weighted by Gasteiger charge is 2.13. The van der Waals surface area contributed by atoms with Gasteiger partial charge in [0.25, 0.3) is 0 Å². The number of nitrogens with one attached hydrogen (secondary N) is 1. The van der Waals surface area contributed by atoms with Crippen LogP contribution in [0.15, 0.2) is 64.5 Å². The van der Waals surface area contributed by atoms with Gasteiger partial charge in [-0.15, -0.1) is 5.10 Å². The Morgan fingerprint density at radius 1 is 1.14 bits per heavy atom. The third kappa shape index (κ3) is 5.29. The van der Waals surface area contributed by atoms with Crippen LogP contribution in [-0.4, -0.2) is 32.9 Å². The molecule has 0 saturated heterocycles. The van der Waals surface area contributed by atoms with Gasteiger partial charge in [0, 0.05) is 12.1 Å². The number of nitrogens with zero attached hydrogens (tertiary/aromatic N) is 2. The fourth-order valence-corrected chi connectivity index (χ4v) is 3.40. The Labute approximate surface area is 163 Å². The molecule has 1 heterocycles. The van der Waals surface area contributed by atoms with Crippen LogP contribution in [0.2, 0.25) is 0 Å². The minimum atomic E-state index is -2.91. The number of benzene rings is 2. The molecule has 0 aliphatic heterocycles. The summed E-state index contributed by atoms with van der Waals surface area (Å²) >= 11 is 1.14. The summed E-state index contributed by atoms with van der Waals surface area (Å²) in [5.41, 5.74) is 1.12. The fraction of sp³-hybridized carbons (Fsp3) is 0.211. The van der Waals surface area contributed by atoms with Crippen molar-refractivity contribution >= 4 is 17.5 Å². The van der Waals surface area contributed by atoms with Gasteiger partial charge in [-0.3, -0.25) is 9.36 Å². The van der Waals surface area contributed by atoms with Gasteiger partial charge in [0.05, 0.1) is 5.75 Å². The van der Waals surface area contributed by atoms with E-state index in [4.69, 9.17) is 0 Å². The van der Waals surface area contributed by atoms with Crippen molar-refractivity contribution in [2.24, 2.45) is 0 Å². The first-order valence-electron chi connectivity index (χ1n) is 8.43. The molecule has 0 amide bonds. The Balaban J connectivity index is 1.60. The highest BCUT2D eigenvalue weighted by molar-refractivity contribution is 7.99. The molecule has 0 atom stereocenters. The van der Waals surface area contributed by atoms with Crippen molar-refractivity contribution in [2.75, 3.05) is 5.75 Å². The van der Waals surface area contributed by atoms with Crippen LogP contribution in [0.5, 0.6) is 5.75 Å². The van der Waals surface area contributed by atoms with Gasteiger partial charge in [-0.2, -0.15) is 8.78 Å². The Morgan fingerprint density at radius 3 is 2.54 bits per heavy atom. The van der Waals surface area contributed by atoms with Crippen LogP contribution in [0.4, 0.5) is 8.78 Å². The number of thioether (sulfide) groups is 1. The number of rotatable bonds is 9. The lowest BCUT2D eigenvalue weighted by atomic mass is 10.1. The molecule has 1 aromatic heterocycles. The van der Waals surface area contributed by atoms with Crippen LogP contribution in [0.1, 0.15) is 15.9 Å². The Hall–Kier alpha value is -2.94. The highest BCUT2D eigenvalue weighted by Crippen LogP contribution is 2.19. The number of carbonyl (C=O) groups excluding carboxylic acids is 1. The average molecular weight is 405 g/mol. The number of ether oxygens (including phenoxy) is 1. The third-order valence-electron chi connectivity index (χ3n) is 3.92. The number of hydrogen-bond acceptors (Lipinski definition) is 5. The minimum absolute atomic E-state index is 0.0127. The van der Waals surface area contributed by atoms with E-state index in [9.17, 15) is 18.4 Å². The third-order valence-corrected chi connectivity index (χ3v) is 4.90. The smallest absolute Gasteiger partial charge is 0.387 e. The van der Waals surface area contributed by atoms with Crippen molar-refractivity contribution in [3.05, 3.63) is 76.2 Å². The summed E-state index contributed by atoms with van der Waals surface area (Å²) in [5, 5.41) is 6.80. The number of Topliss-reactive ketones (excluding diaryl/α,β-unsaturated/α-hetero) is 1. The van der Waals surface area contributed by atoms with E-state index in [2.05, 4.69) is 14.9 Å². The number of carbonyl (C=O) groups is 1. The minimum Gasteiger partial charge on any atom is -0.435 e. The molecule has 0 unspecified atom stereocenters. The second-order valence-corrected chi connectivity index (χ2v) is 6.76. The molecule has 6 nitrogen and oxygen atoms in total. The SMILES string of the molecule is O=C(CSc1n[nH]c(=O)n1CCc1ccccc1)c1ccc(OC(F)F)cc1. The molecule has 0 aliphatic rings. The lowest BCUT2D eigenvalue weighted by molar-refractivity contribution is -0.0498. The molecule has 0 radical (unpaired) electrons. The van der Waals surface area contributed by atoms with E-state index in [1.165, 1.54) is 28.8 Å². The maximum absolute atomic E-state index is 12.3. The van der Waals surface area contributed by atoms with Crippen LogP contribution in [0.25, 0.3) is 0 Å². The molecule has 146 valence electrons.